The Hall–Kier alpha value is -1.42. The number of aromatic nitrogens is 2. The zero-order chi connectivity index (χ0) is 17.7. The number of hydrogen-bond acceptors (Lipinski definition) is 4. The van der Waals surface area contributed by atoms with Gasteiger partial charge in [-0.15, -0.1) is 10.2 Å². The van der Waals surface area contributed by atoms with Gasteiger partial charge in [0.05, 0.1) is 6.61 Å². The molecule has 2 rings (SSSR count). The largest absolute Gasteiger partial charge is 0.494 e. The van der Waals surface area contributed by atoms with Gasteiger partial charge in [-0.2, -0.15) is 0 Å². The summed E-state index contributed by atoms with van der Waals surface area (Å²) >= 11 is 1.72. The molecule has 25 heavy (non-hydrogen) atoms. The van der Waals surface area contributed by atoms with Crippen LogP contribution in [0.4, 0.5) is 0 Å². The minimum Gasteiger partial charge on any atom is -0.494 e. The van der Waals surface area contributed by atoms with Gasteiger partial charge in [0.15, 0.2) is 0 Å². The van der Waals surface area contributed by atoms with Crippen LogP contribution in [-0.2, 0) is 6.42 Å². The van der Waals surface area contributed by atoms with Gasteiger partial charge in [0.25, 0.3) is 0 Å². The van der Waals surface area contributed by atoms with Crippen molar-refractivity contribution in [3.8, 4) is 16.3 Å². The van der Waals surface area contributed by atoms with Crippen molar-refractivity contribution in [2.45, 2.75) is 78.1 Å². The fourth-order valence-electron chi connectivity index (χ4n) is 2.76. The molecule has 0 unspecified atom stereocenters. The Labute approximate surface area is 156 Å². The van der Waals surface area contributed by atoms with Gasteiger partial charge < -0.3 is 4.74 Å². The molecular formula is C21H32N2OS. The van der Waals surface area contributed by atoms with Crippen molar-refractivity contribution in [1.29, 1.82) is 0 Å². The van der Waals surface area contributed by atoms with Crippen molar-refractivity contribution in [2.75, 3.05) is 6.61 Å². The molecule has 0 aliphatic rings. The lowest BCUT2D eigenvalue weighted by molar-refractivity contribution is 0.304. The molecule has 1 aromatic heterocycles. The van der Waals surface area contributed by atoms with Crippen LogP contribution in [0.15, 0.2) is 24.3 Å². The molecule has 3 nitrogen and oxygen atoms in total. The first-order valence-electron chi connectivity index (χ1n) is 9.89. The molecule has 0 radical (unpaired) electrons. The van der Waals surface area contributed by atoms with Crippen LogP contribution in [-0.4, -0.2) is 16.8 Å². The van der Waals surface area contributed by atoms with Crippen LogP contribution in [0.5, 0.6) is 5.75 Å². The zero-order valence-electron chi connectivity index (χ0n) is 15.8. The van der Waals surface area contributed by atoms with Gasteiger partial charge in [0.1, 0.15) is 15.8 Å². The topological polar surface area (TPSA) is 35.0 Å². The zero-order valence-corrected chi connectivity index (χ0v) is 16.6. The number of nitrogens with zero attached hydrogens (tertiary/aromatic N) is 2. The molecule has 0 bridgehead atoms. The standard InChI is InChI=1S/C21H32N2OS/c1-3-5-7-9-11-17-24-19-15-13-18(14-16-19)21-23-22-20(25-21)12-10-8-6-4-2/h13-16H,3-12,17H2,1-2H3. The van der Waals surface area contributed by atoms with Gasteiger partial charge in [0.2, 0.25) is 0 Å². The maximum Gasteiger partial charge on any atom is 0.147 e. The maximum atomic E-state index is 5.83. The van der Waals surface area contributed by atoms with Gasteiger partial charge >= 0.3 is 0 Å². The van der Waals surface area contributed by atoms with Gasteiger partial charge in [0, 0.05) is 12.0 Å². The van der Waals surface area contributed by atoms with E-state index in [1.165, 1.54) is 51.4 Å². The number of ether oxygens (including phenoxy) is 1. The van der Waals surface area contributed by atoms with E-state index in [9.17, 15) is 0 Å². The highest BCUT2D eigenvalue weighted by Gasteiger charge is 2.07. The minimum absolute atomic E-state index is 0.809. The predicted octanol–water partition coefficient (Wildman–Crippen LogP) is 6.68. The Kier molecular flexibility index (Phi) is 9.57. The van der Waals surface area contributed by atoms with Crippen LogP contribution in [0.3, 0.4) is 0 Å². The normalized spacial score (nSPS) is 11.0. The van der Waals surface area contributed by atoms with Gasteiger partial charge in [-0.3, -0.25) is 0 Å². The monoisotopic (exact) mass is 360 g/mol. The Morgan fingerprint density at radius 2 is 1.48 bits per heavy atom. The van der Waals surface area contributed by atoms with Crippen molar-refractivity contribution >= 4 is 11.3 Å². The summed E-state index contributed by atoms with van der Waals surface area (Å²) in [5.41, 5.74) is 1.13. The molecule has 0 saturated heterocycles. The maximum absolute atomic E-state index is 5.83. The summed E-state index contributed by atoms with van der Waals surface area (Å²) < 4.78 is 5.83. The molecule has 0 aliphatic heterocycles. The summed E-state index contributed by atoms with van der Waals surface area (Å²) in [6, 6.07) is 8.27. The van der Waals surface area contributed by atoms with Crippen molar-refractivity contribution in [2.24, 2.45) is 0 Å². The molecule has 1 heterocycles. The number of aryl methyl sites for hydroxylation is 1. The third-order valence-electron chi connectivity index (χ3n) is 4.33. The van der Waals surface area contributed by atoms with Gasteiger partial charge in [-0.25, -0.2) is 0 Å². The summed E-state index contributed by atoms with van der Waals surface area (Å²) in [6.45, 7) is 5.29. The second kappa shape index (κ2) is 12.0. The van der Waals surface area contributed by atoms with E-state index >= 15 is 0 Å². The average Bonchev–Trinajstić information content (AvgIpc) is 3.11. The second-order valence-corrected chi connectivity index (χ2v) is 7.66. The second-order valence-electron chi connectivity index (χ2n) is 6.60. The lowest BCUT2D eigenvalue weighted by Gasteiger charge is -2.06. The highest BCUT2D eigenvalue weighted by molar-refractivity contribution is 7.14. The fraction of sp³-hybridized carbons (Fsp3) is 0.619. The van der Waals surface area contributed by atoms with Crippen LogP contribution >= 0.6 is 11.3 Å². The number of hydrogen-bond donors (Lipinski definition) is 0. The summed E-state index contributed by atoms with van der Waals surface area (Å²) in [6.07, 6.45) is 12.5. The SMILES string of the molecule is CCCCCCCOc1ccc(-c2nnc(CCCCCC)s2)cc1. The van der Waals surface area contributed by atoms with E-state index in [0.717, 1.165) is 40.8 Å². The van der Waals surface area contributed by atoms with E-state index in [4.69, 9.17) is 4.74 Å². The molecule has 0 aliphatic carbocycles. The molecule has 2 aromatic rings. The van der Waals surface area contributed by atoms with E-state index in [2.05, 4.69) is 36.2 Å². The summed E-state index contributed by atoms with van der Waals surface area (Å²) in [4.78, 5) is 0. The Morgan fingerprint density at radius 3 is 2.20 bits per heavy atom. The Morgan fingerprint density at radius 1 is 0.800 bits per heavy atom. The van der Waals surface area contributed by atoms with Crippen LogP contribution in [0.25, 0.3) is 10.6 Å². The molecule has 0 fully saturated rings. The molecule has 0 amide bonds. The van der Waals surface area contributed by atoms with Crippen LogP contribution in [0, 0.1) is 0 Å². The average molecular weight is 361 g/mol. The highest BCUT2D eigenvalue weighted by Crippen LogP contribution is 2.26. The van der Waals surface area contributed by atoms with E-state index in [1.807, 2.05) is 12.1 Å². The molecule has 4 heteroatoms. The van der Waals surface area contributed by atoms with Crippen molar-refractivity contribution in [3.05, 3.63) is 29.3 Å². The lowest BCUT2D eigenvalue weighted by Crippen LogP contribution is -1.97. The first-order chi connectivity index (χ1) is 12.3. The lowest BCUT2D eigenvalue weighted by atomic mass is 10.2. The smallest absolute Gasteiger partial charge is 0.147 e. The Bertz CT molecular complexity index is 580. The highest BCUT2D eigenvalue weighted by atomic mass is 32.1. The first kappa shape index (κ1) is 19.9. The Balaban J connectivity index is 1.75. The third-order valence-corrected chi connectivity index (χ3v) is 5.36. The van der Waals surface area contributed by atoms with Gasteiger partial charge in [-0.05, 0) is 37.1 Å². The van der Waals surface area contributed by atoms with E-state index in [0.29, 0.717) is 0 Å². The van der Waals surface area contributed by atoms with Crippen LogP contribution in [0.1, 0.15) is 76.6 Å². The quantitative estimate of drug-likeness (QED) is 0.374. The van der Waals surface area contributed by atoms with Crippen molar-refractivity contribution < 1.29 is 4.74 Å². The number of unbranched alkanes of at least 4 members (excludes halogenated alkanes) is 7. The fourth-order valence-corrected chi connectivity index (χ4v) is 3.65. The van der Waals surface area contributed by atoms with Crippen molar-refractivity contribution in [3.63, 3.8) is 0 Å². The molecule has 0 N–H and O–H groups in total. The van der Waals surface area contributed by atoms with Gasteiger partial charge in [-0.1, -0.05) is 70.1 Å². The predicted molar refractivity (Wildman–Crippen MR) is 107 cm³/mol. The summed E-state index contributed by atoms with van der Waals surface area (Å²) in [5.74, 6) is 0.948. The molecule has 1 aromatic carbocycles. The molecule has 138 valence electrons. The van der Waals surface area contributed by atoms with E-state index in [-0.39, 0.29) is 0 Å². The minimum atomic E-state index is 0.809. The summed E-state index contributed by atoms with van der Waals surface area (Å²) in [5, 5.41) is 10.8. The molecular weight excluding hydrogens is 328 g/mol. The number of benzene rings is 1. The van der Waals surface area contributed by atoms with Crippen LogP contribution in [0.2, 0.25) is 0 Å². The molecule has 0 saturated carbocycles. The van der Waals surface area contributed by atoms with E-state index < -0.39 is 0 Å². The number of rotatable bonds is 13. The van der Waals surface area contributed by atoms with E-state index in [1.54, 1.807) is 11.3 Å². The van der Waals surface area contributed by atoms with Crippen LogP contribution < -0.4 is 4.74 Å². The third kappa shape index (κ3) is 7.55. The van der Waals surface area contributed by atoms with Crippen molar-refractivity contribution in [1.82, 2.24) is 10.2 Å². The summed E-state index contributed by atoms with van der Waals surface area (Å²) in [7, 11) is 0. The first-order valence-corrected chi connectivity index (χ1v) is 10.7. The molecule has 0 spiro atoms. The molecule has 0 atom stereocenters.